The van der Waals surface area contributed by atoms with Crippen LogP contribution in [0, 0.1) is 0 Å². The molecule has 12 nitrogen and oxygen atoms in total. The van der Waals surface area contributed by atoms with Crippen molar-refractivity contribution in [2.75, 3.05) is 32.9 Å². The Morgan fingerprint density at radius 3 is 2.17 bits per heavy atom. The maximum absolute atomic E-state index is 13.4. The van der Waals surface area contributed by atoms with Crippen LogP contribution in [0.4, 0.5) is 4.79 Å². The summed E-state index contributed by atoms with van der Waals surface area (Å²) >= 11 is 0. The number of imidazole rings is 1. The van der Waals surface area contributed by atoms with Crippen molar-refractivity contribution in [1.29, 1.82) is 0 Å². The molecule has 54 heavy (non-hydrogen) atoms. The van der Waals surface area contributed by atoms with Crippen molar-refractivity contribution in [1.82, 2.24) is 34.9 Å². The molecule has 3 heterocycles. The Labute approximate surface area is 321 Å². The average molecular weight is 772 g/mol. The largest absolute Gasteiger partial charge is 0.450 e. The van der Waals surface area contributed by atoms with Crippen LogP contribution in [0.3, 0.4) is 0 Å². The van der Waals surface area contributed by atoms with Gasteiger partial charge < -0.3 is 24.8 Å². The Kier molecular flexibility index (Phi) is 14.2. The van der Waals surface area contributed by atoms with Crippen LogP contribution in [-0.4, -0.2) is 85.4 Å². The molecule has 0 aliphatic carbocycles. The van der Waals surface area contributed by atoms with E-state index in [0.29, 0.717) is 63.1 Å². The van der Waals surface area contributed by atoms with E-state index in [0.717, 1.165) is 58.0 Å². The van der Waals surface area contributed by atoms with Gasteiger partial charge in [-0.15, -0.1) is 0 Å². The van der Waals surface area contributed by atoms with Crippen LogP contribution >= 0.6 is 0 Å². The van der Waals surface area contributed by atoms with Crippen molar-refractivity contribution < 1.29 is 23.8 Å². The summed E-state index contributed by atoms with van der Waals surface area (Å²) in [7, 11) is -2.60. The van der Waals surface area contributed by atoms with Crippen LogP contribution in [0.5, 0.6) is 0 Å². The van der Waals surface area contributed by atoms with Crippen LogP contribution in [0.15, 0.2) is 60.9 Å². The van der Waals surface area contributed by atoms with Gasteiger partial charge in [-0.3, -0.25) is 14.3 Å². The SMILES string of the molecule is CCCCOC(=O)NCCCNC(=O)c1ccc2c(c1)c(-c1nc3ccc(-c4ccncc4)cc3n1COCC[Si](C)(C)C)nn2COCC[Si](C)(C)C. The Bertz CT molecular complexity index is 2000. The molecule has 0 fully saturated rings. The van der Waals surface area contributed by atoms with Crippen molar-refractivity contribution in [3.8, 4) is 22.6 Å². The van der Waals surface area contributed by atoms with Gasteiger partial charge in [0.15, 0.2) is 5.82 Å². The third kappa shape index (κ3) is 11.6. The van der Waals surface area contributed by atoms with E-state index in [1.165, 1.54) is 0 Å². The normalized spacial score (nSPS) is 12.1. The summed E-state index contributed by atoms with van der Waals surface area (Å²) in [6.07, 6.45) is 5.51. The van der Waals surface area contributed by atoms with Crippen LogP contribution in [0.25, 0.3) is 44.6 Å². The van der Waals surface area contributed by atoms with Gasteiger partial charge >= 0.3 is 6.09 Å². The van der Waals surface area contributed by atoms with Gasteiger partial charge in [0.05, 0.1) is 23.2 Å². The maximum Gasteiger partial charge on any atom is 0.407 e. The van der Waals surface area contributed by atoms with Crippen molar-refractivity contribution >= 4 is 50.1 Å². The Hall–Kier alpha value is -4.38. The first-order valence-corrected chi connectivity index (χ1v) is 26.5. The number of unbranched alkanes of at least 4 members (excludes halogenated alkanes) is 1. The molecule has 2 N–H and O–H groups in total. The van der Waals surface area contributed by atoms with E-state index in [4.69, 9.17) is 24.3 Å². The van der Waals surface area contributed by atoms with Gasteiger partial charge in [-0.25, -0.2) is 14.5 Å². The number of pyridine rings is 1. The molecule has 0 saturated carbocycles. The van der Waals surface area contributed by atoms with Gasteiger partial charge in [0.2, 0.25) is 0 Å². The third-order valence-electron chi connectivity index (χ3n) is 9.05. The zero-order valence-electron chi connectivity index (χ0n) is 33.0. The number of hydrogen-bond donors (Lipinski definition) is 2. The molecule has 0 radical (unpaired) electrons. The lowest BCUT2D eigenvalue weighted by molar-refractivity contribution is 0.0816. The van der Waals surface area contributed by atoms with E-state index in [-0.39, 0.29) is 12.6 Å². The second-order valence-electron chi connectivity index (χ2n) is 16.1. The Morgan fingerprint density at radius 2 is 1.46 bits per heavy atom. The predicted molar refractivity (Wildman–Crippen MR) is 221 cm³/mol. The van der Waals surface area contributed by atoms with Gasteiger partial charge in [-0.1, -0.05) is 58.7 Å². The van der Waals surface area contributed by atoms with Crippen molar-refractivity contribution in [2.24, 2.45) is 0 Å². The number of rotatable bonds is 20. The van der Waals surface area contributed by atoms with E-state index >= 15 is 0 Å². The van der Waals surface area contributed by atoms with Gasteiger partial charge in [-0.05, 0) is 78.5 Å². The van der Waals surface area contributed by atoms with Crippen LogP contribution in [-0.2, 0) is 27.7 Å². The highest BCUT2D eigenvalue weighted by Gasteiger charge is 2.23. The number of nitrogens with zero attached hydrogens (tertiary/aromatic N) is 5. The van der Waals surface area contributed by atoms with Crippen LogP contribution in [0.1, 0.15) is 36.5 Å². The lowest BCUT2D eigenvalue weighted by Crippen LogP contribution is -2.30. The highest BCUT2D eigenvalue weighted by Crippen LogP contribution is 2.33. The molecular weight excluding hydrogens is 715 g/mol. The molecule has 0 aliphatic heterocycles. The highest BCUT2D eigenvalue weighted by atomic mass is 28.3. The van der Waals surface area contributed by atoms with E-state index in [1.54, 1.807) is 12.4 Å². The fourth-order valence-corrected chi connectivity index (χ4v) is 7.26. The minimum atomic E-state index is -1.31. The molecule has 0 bridgehead atoms. The second kappa shape index (κ2) is 18.8. The molecule has 14 heteroatoms. The molecule has 0 spiro atoms. The van der Waals surface area contributed by atoms with E-state index in [1.807, 2.05) is 48.0 Å². The number of carbonyl (C=O) groups excluding carboxylic acids is 2. The van der Waals surface area contributed by atoms with Crippen molar-refractivity contribution in [2.45, 2.75) is 91.0 Å². The second-order valence-corrected chi connectivity index (χ2v) is 27.3. The van der Waals surface area contributed by atoms with Crippen LogP contribution < -0.4 is 10.6 Å². The molecular formula is C40H57N7O5Si2. The lowest BCUT2D eigenvalue weighted by Gasteiger charge is -2.16. The zero-order chi connectivity index (χ0) is 38.7. The van der Waals surface area contributed by atoms with Gasteiger partial charge in [0.25, 0.3) is 5.91 Å². The zero-order valence-corrected chi connectivity index (χ0v) is 35.0. The number of fused-ring (bicyclic) bond motifs is 2. The molecule has 3 aromatic heterocycles. The summed E-state index contributed by atoms with van der Waals surface area (Å²) in [5.41, 5.74) is 5.85. The predicted octanol–water partition coefficient (Wildman–Crippen LogP) is 8.39. The van der Waals surface area contributed by atoms with Crippen molar-refractivity contribution in [3.63, 3.8) is 0 Å². The summed E-state index contributed by atoms with van der Waals surface area (Å²) in [5, 5.41) is 11.6. The molecule has 5 rings (SSSR count). The van der Waals surface area contributed by atoms with Crippen LogP contribution in [0.2, 0.25) is 51.4 Å². The summed E-state index contributed by atoms with van der Waals surface area (Å²) < 4.78 is 21.6. The monoisotopic (exact) mass is 771 g/mol. The third-order valence-corrected chi connectivity index (χ3v) is 12.5. The van der Waals surface area contributed by atoms with Gasteiger partial charge in [0.1, 0.15) is 19.2 Å². The number of ether oxygens (including phenoxy) is 3. The fourth-order valence-electron chi connectivity index (χ4n) is 5.75. The molecule has 0 atom stereocenters. The van der Waals surface area contributed by atoms with Gasteiger partial charge in [0, 0.05) is 65.8 Å². The van der Waals surface area contributed by atoms with Gasteiger partial charge in [-0.2, -0.15) is 5.10 Å². The number of carbonyl (C=O) groups is 2. The smallest absolute Gasteiger partial charge is 0.407 e. The highest BCUT2D eigenvalue weighted by molar-refractivity contribution is 6.76. The molecule has 0 aliphatic rings. The first-order valence-electron chi connectivity index (χ1n) is 19.1. The quantitative estimate of drug-likeness (QED) is 0.0596. The molecule has 2 aromatic carbocycles. The Morgan fingerprint density at radius 1 is 0.759 bits per heavy atom. The average Bonchev–Trinajstić information content (AvgIpc) is 3.68. The summed E-state index contributed by atoms with van der Waals surface area (Å²) in [5.74, 6) is 0.447. The molecule has 0 unspecified atom stereocenters. The first-order chi connectivity index (χ1) is 25.8. The van der Waals surface area contributed by atoms with Crippen molar-refractivity contribution in [3.05, 3.63) is 66.5 Å². The number of amides is 2. The molecule has 0 saturated heterocycles. The number of nitrogens with one attached hydrogen (secondary N) is 2. The number of benzene rings is 2. The molecule has 2 amide bonds. The summed E-state index contributed by atoms with van der Waals surface area (Å²) in [4.78, 5) is 34.6. The number of hydrogen-bond acceptors (Lipinski definition) is 8. The lowest BCUT2D eigenvalue weighted by atomic mass is 10.1. The first kappa shape index (κ1) is 40.8. The minimum absolute atomic E-state index is 0.210. The van der Waals surface area contributed by atoms with E-state index < -0.39 is 22.2 Å². The maximum atomic E-state index is 13.4. The Balaban J connectivity index is 1.47. The van der Waals surface area contributed by atoms with E-state index in [2.05, 4.69) is 71.6 Å². The number of alkyl carbamates (subject to hydrolysis) is 1. The minimum Gasteiger partial charge on any atom is -0.450 e. The van der Waals surface area contributed by atoms with E-state index in [9.17, 15) is 9.59 Å². The standard InChI is InChI=1S/C40H57N7O5Si2/c1-8-9-21-52-40(49)43-18-10-17-42-39(48)32-12-14-35-33(26-32)37(45-47(35)29-51-23-25-54(5,6)7)38-44-34-13-11-31(30-15-19-41-20-16-30)27-36(34)46(38)28-50-22-24-53(2,3)4/h11-16,19-20,26-27H,8-10,17-18,21-25,28-29H2,1-7H3,(H,42,48)(H,43,49). The molecule has 290 valence electrons. The summed E-state index contributed by atoms with van der Waals surface area (Å²) in [6, 6.07) is 17.9. The fraction of sp³-hybridized carbons (Fsp3) is 0.475. The number of aromatic nitrogens is 5. The topological polar surface area (TPSA) is 134 Å². The summed E-state index contributed by atoms with van der Waals surface area (Å²) in [6.45, 7) is 19.2. The molecule has 5 aromatic rings.